The number of carbonyl (C=O) groups excluding carboxylic acids is 2. The molecule has 0 spiro atoms. The lowest BCUT2D eigenvalue weighted by molar-refractivity contribution is -0.117. The summed E-state index contributed by atoms with van der Waals surface area (Å²) < 4.78 is 12.8. The zero-order chi connectivity index (χ0) is 14.5. The molecule has 0 bridgehead atoms. The molecule has 0 radical (unpaired) electrons. The number of rotatable bonds is 4. The molecule has 1 aromatic carbocycles. The summed E-state index contributed by atoms with van der Waals surface area (Å²) in [5.41, 5.74) is 0.608. The molecule has 3 N–H and O–H groups in total. The van der Waals surface area contributed by atoms with Gasteiger partial charge >= 0.3 is 6.03 Å². The van der Waals surface area contributed by atoms with Crippen molar-refractivity contribution in [1.82, 2.24) is 10.6 Å². The Morgan fingerprint density at radius 2 is 2.10 bits per heavy atom. The number of amides is 3. The first-order valence-electron chi connectivity index (χ1n) is 6.31. The first kappa shape index (κ1) is 14.3. The van der Waals surface area contributed by atoms with Crippen LogP contribution in [0.1, 0.15) is 6.42 Å². The van der Waals surface area contributed by atoms with Crippen LogP contribution >= 0.6 is 0 Å². The molecule has 0 aliphatic carbocycles. The Balaban J connectivity index is 1.93. The van der Waals surface area contributed by atoms with E-state index in [1.165, 1.54) is 29.2 Å². The van der Waals surface area contributed by atoms with E-state index in [0.29, 0.717) is 12.2 Å². The van der Waals surface area contributed by atoms with E-state index in [9.17, 15) is 14.0 Å². The molecular formula is C13H16FN3O3. The van der Waals surface area contributed by atoms with Crippen molar-refractivity contribution >= 4 is 17.6 Å². The average molecular weight is 281 g/mol. The van der Waals surface area contributed by atoms with Gasteiger partial charge in [0.1, 0.15) is 5.82 Å². The predicted molar refractivity (Wildman–Crippen MR) is 70.8 cm³/mol. The van der Waals surface area contributed by atoms with Crippen LogP contribution in [0.5, 0.6) is 0 Å². The highest BCUT2D eigenvalue weighted by molar-refractivity contribution is 5.96. The van der Waals surface area contributed by atoms with E-state index >= 15 is 0 Å². The molecule has 1 saturated heterocycles. The van der Waals surface area contributed by atoms with Crippen LogP contribution in [0.2, 0.25) is 0 Å². The third-order valence-corrected chi connectivity index (χ3v) is 3.00. The molecule has 2 rings (SSSR count). The van der Waals surface area contributed by atoms with Crippen molar-refractivity contribution < 1.29 is 19.1 Å². The molecule has 1 aromatic rings. The number of hydrogen-bond acceptors (Lipinski definition) is 3. The molecule has 0 aromatic heterocycles. The number of urea groups is 1. The van der Waals surface area contributed by atoms with Gasteiger partial charge in [0.25, 0.3) is 0 Å². The first-order chi connectivity index (χ1) is 9.60. The summed E-state index contributed by atoms with van der Waals surface area (Å²) in [6, 6.07) is 4.92. The Hall–Kier alpha value is -2.15. The van der Waals surface area contributed by atoms with Crippen LogP contribution in [0.25, 0.3) is 0 Å². The van der Waals surface area contributed by atoms with E-state index in [1.54, 1.807) is 0 Å². The second-order valence-corrected chi connectivity index (χ2v) is 4.51. The molecule has 1 aliphatic rings. The highest BCUT2D eigenvalue weighted by Crippen LogP contribution is 2.21. The van der Waals surface area contributed by atoms with Crippen LogP contribution in [-0.2, 0) is 4.79 Å². The summed E-state index contributed by atoms with van der Waals surface area (Å²) in [4.78, 5) is 24.8. The van der Waals surface area contributed by atoms with Crippen LogP contribution in [0.4, 0.5) is 14.9 Å². The summed E-state index contributed by atoms with van der Waals surface area (Å²) >= 11 is 0. The van der Waals surface area contributed by atoms with Crippen molar-refractivity contribution in [1.29, 1.82) is 0 Å². The van der Waals surface area contributed by atoms with Crippen LogP contribution in [0, 0.1) is 5.82 Å². The van der Waals surface area contributed by atoms with E-state index in [2.05, 4.69) is 10.6 Å². The minimum atomic E-state index is -0.419. The van der Waals surface area contributed by atoms with Gasteiger partial charge < -0.3 is 20.6 Å². The lowest BCUT2D eigenvalue weighted by atomic mass is 10.2. The minimum absolute atomic E-state index is 0.121. The molecule has 1 atom stereocenters. The van der Waals surface area contributed by atoms with Crippen LogP contribution in [0.3, 0.4) is 0 Å². The van der Waals surface area contributed by atoms with Gasteiger partial charge in [-0.15, -0.1) is 0 Å². The third kappa shape index (κ3) is 3.45. The number of benzene rings is 1. The second-order valence-electron chi connectivity index (χ2n) is 4.51. The quantitative estimate of drug-likeness (QED) is 0.738. The number of nitrogens with zero attached hydrogens (tertiary/aromatic N) is 1. The van der Waals surface area contributed by atoms with Gasteiger partial charge in [0.05, 0.1) is 12.6 Å². The fourth-order valence-electron chi connectivity index (χ4n) is 2.08. The SMILES string of the molecule is O=C(NCCO)N[C@@H]1CC(=O)N(c2ccc(F)cc2)C1. The van der Waals surface area contributed by atoms with Crippen LogP contribution in [-0.4, -0.2) is 42.8 Å². The van der Waals surface area contributed by atoms with Gasteiger partial charge in [-0.05, 0) is 24.3 Å². The Morgan fingerprint density at radius 1 is 1.40 bits per heavy atom. The summed E-state index contributed by atoms with van der Waals surface area (Å²) in [5, 5.41) is 13.7. The van der Waals surface area contributed by atoms with Gasteiger partial charge in [-0.3, -0.25) is 4.79 Å². The number of aliphatic hydroxyl groups excluding tert-OH is 1. The van der Waals surface area contributed by atoms with Crippen LogP contribution in [0.15, 0.2) is 24.3 Å². The standard InChI is InChI=1S/C13H16FN3O3/c14-9-1-3-11(4-2-9)17-8-10(7-12(17)19)16-13(20)15-5-6-18/h1-4,10,18H,5-8H2,(H2,15,16,20)/t10-/m1/s1. The highest BCUT2D eigenvalue weighted by atomic mass is 19.1. The normalized spacial score (nSPS) is 18.2. The third-order valence-electron chi connectivity index (χ3n) is 3.00. The van der Waals surface area contributed by atoms with Gasteiger partial charge in [-0.1, -0.05) is 0 Å². The number of nitrogens with one attached hydrogen (secondary N) is 2. The van der Waals surface area contributed by atoms with Crippen molar-refractivity contribution in [3.63, 3.8) is 0 Å². The largest absolute Gasteiger partial charge is 0.395 e. The Kier molecular flexibility index (Phi) is 4.52. The Labute approximate surface area is 115 Å². The van der Waals surface area contributed by atoms with E-state index in [0.717, 1.165) is 0 Å². The molecule has 6 nitrogen and oxygen atoms in total. The van der Waals surface area contributed by atoms with Crippen LogP contribution < -0.4 is 15.5 Å². The highest BCUT2D eigenvalue weighted by Gasteiger charge is 2.31. The molecule has 3 amide bonds. The fourth-order valence-corrected chi connectivity index (χ4v) is 2.08. The number of aliphatic hydroxyl groups is 1. The van der Waals surface area contributed by atoms with Gasteiger partial charge in [0, 0.05) is 25.2 Å². The molecular weight excluding hydrogens is 265 g/mol. The van der Waals surface area contributed by atoms with E-state index in [1.807, 2.05) is 0 Å². The first-order valence-corrected chi connectivity index (χ1v) is 6.31. The van der Waals surface area contributed by atoms with Gasteiger partial charge in [-0.25, -0.2) is 9.18 Å². The monoisotopic (exact) mass is 281 g/mol. The predicted octanol–water partition coefficient (Wildman–Crippen LogP) is 0.223. The second kappa shape index (κ2) is 6.33. The zero-order valence-corrected chi connectivity index (χ0v) is 10.8. The molecule has 1 fully saturated rings. The molecule has 108 valence electrons. The number of anilines is 1. The van der Waals surface area contributed by atoms with Crippen molar-refractivity contribution in [2.75, 3.05) is 24.6 Å². The molecule has 1 heterocycles. The Bertz CT molecular complexity index is 492. The van der Waals surface area contributed by atoms with Crippen molar-refractivity contribution in [2.45, 2.75) is 12.5 Å². The number of halogens is 1. The maximum atomic E-state index is 12.8. The Morgan fingerprint density at radius 3 is 2.75 bits per heavy atom. The van der Waals surface area contributed by atoms with Crippen molar-refractivity contribution in [3.05, 3.63) is 30.1 Å². The van der Waals surface area contributed by atoms with E-state index in [4.69, 9.17) is 5.11 Å². The molecule has 7 heteroatoms. The molecule has 1 aliphatic heterocycles. The van der Waals surface area contributed by atoms with Crippen molar-refractivity contribution in [2.24, 2.45) is 0 Å². The lowest BCUT2D eigenvalue weighted by Crippen LogP contribution is -2.44. The van der Waals surface area contributed by atoms with Gasteiger partial charge in [0.15, 0.2) is 0 Å². The molecule has 0 saturated carbocycles. The average Bonchev–Trinajstić information content (AvgIpc) is 2.78. The number of hydrogen-bond donors (Lipinski definition) is 3. The fraction of sp³-hybridized carbons (Fsp3) is 0.385. The topological polar surface area (TPSA) is 81.7 Å². The smallest absolute Gasteiger partial charge is 0.315 e. The maximum Gasteiger partial charge on any atom is 0.315 e. The van der Waals surface area contributed by atoms with Crippen molar-refractivity contribution in [3.8, 4) is 0 Å². The molecule has 0 unspecified atom stereocenters. The summed E-state index contributed by atoms with van der Waals surface area (Å²) in [6.07, 6.45) is 0.198. The maximum absolute atomic E-state index is 12.8. The van der Waals surface area contributed by atoms with E-state index < -0.39 is 6.03 Å². The van der Waals surface area contributed by atoms with Gasteiger partial charge in [-0.2, -0.15) is 0 Å². The van der Waals surface area contributed by atoms with Gasteiger partial charge in [0.2, 0.25) is 5.91 Å². The van der Waals surface area contributed by atoms with E-state index in [-0.39, 0.29) is 37.3 Å². The minimum Gasteiger partial charge on any atom is -0.395 e. The number of carbonyl (C=O) groups is 2. The lowest BCUT2D eigenvalue weighted by Gasteiger charge is -2.17. The summed E-state index contributed by atoms with van der Waals surface area (Å²) in [5.74, 6) is -0.484. The summed E-state index contributed by atoms with van der Waals surface area (Å²) in [6.45, 7) is 0.365. The zero-order valence-electron chi connectivity index (χ0n) is 10.8. The summed E-state index contributed by atoms with van der Waals surface area (Å²) in [7, 11) is 0. The molecule has 20 heavy (non-hydrogen) atoms.